The van der Waals surface area contributed by atoms with Crippen LogP contribution < -0.4 is 10.0 Å². The van der Waals surface area contributed by atoms with Crippen LogP contribution in [0.25, 0.3) is 0 Å². The van der Waals surface area contributed by atoms with E-state index in [1.165, 1.54) is 12.3 Å². The van der Waals surface area contributed by atoms with E-state index < -0.39 is 37.6 Å². The number of thiazole rings is 1. The second kappa shape index (κ2) is 8.99. The molecular weight excluding hydrogens is 500 g/mol. The van der Waals surface area contributed by atoms with E-state index >= 15 is 0 Å². The van der Waals surface area contributed by atoms with Gasteiger partial charge in [-0.2, -0.15) is 13.2 Å². The minimum atomic E-state index is -5.06. The summed E-state index contributed by atoms with van der Waals surface area (Å²) >= 11 is 12.2. The number of alkyl halides is 3. The predicted octanol–water partition coefficient (Wildman–Crippen LogP) is 4.59. The molecule has 2 aromatic heterocycles. The van der Waals surface area contributed by atoms with Crippen molar-refractivity contribution in [2.24, 2.45) is 0 Å². The molecule has 0 unspecified atom stereocenters. The zero-order valence-electron chi connectivity index (χ0n) is 15.1. The maximum Gasteiger partial charge on any atom is 0.419 e. The molecule has 31 heavy (non-hydrogen) atoms. The molecule has 164 valence electrons. The lowest BCUT2D eigenvalue weighted by Crippen LogP contribution is -2.25. The van der Waals surface area contributed by atoms with Crippen LogP contribution in [0.1, 0.15) is 21.6 Å². The van der Waals surface area contributed by atoms with Crippen molar-refractivity contribution in [3.05, 3.63) is 68.9 Å². The lowest BCUT2D eigenvalue weighted by atomic mass is 10.1. The highest BCUT2D eigenvalue weighted by Crippen LogP contribution is 2.40. The summed E-state index contributed by atoms with van der Waals surface area (Å²) in [6, 6.07) is 6.34. The van der Waals surface area contributed by atoms with E-state index in [2.05, 4.69) is 15.3 Å². The van der Waals surface area contributed by atoms with Crippen molar-refractivity contribution in [3.8, 4) is 0 Å². The molecule has 3 rings (SSSR count). The maximum atomic E-state index is 13.6. The van der Waals surface area contributed by atoms with Crippen LogP contribution in [0.5, 0.6) is 0 Å². The fraction of sp³-hybridized carbons (Fsp3) is 0.118. The summed E-state index contributed by atoms with van der Waals surface area (Å²) in [5.41, 5.74) is -1.43. The van der Waals surface area contributed by atoms with Crippen molar-refractivity contribution in [2.75, 3.05) is 4.72 Å². The van der Waals surface area contributed by atoms with Crippen molar-refractivity contribution in [3.63, 3.8) is 0 Å². The molecule has 7 nitrogen and oxygen atoms in total. The Hall–Kier alpha value is -2.41. The number of halogens is 5. The molecular formula is C17H11Cl2F3N4O3S2. The van der Waals surface area contributed by atoms with Crippen LogP contribution in [0.2, 0.25) is 9.36 Å². The zero-order valence-corrected chi connectivity index (χ0v) is 18.2. The van der Waals surface area contributed by atoms with Gasteiger partial charge in [0, 0.05) is 12.7 Å². The quantitative estimate of drug-likeness (QED) is 0.504. The molecule has 0 fully saturated rings. The highest BCUT2D eigenvalue weighted by Gasteiger charge is 2.40. The second-order valence-corrected chi connectivity index (χ2v) is 9.64. The minimum Gasteiger partial charge on any atom is -0.347 e. The van der Waals surface area contributed by atoms with Gasteiger partial charge in [0.1, 0.15) is 14.9 Å². The highest BCUT2D eigenvalue weighted by atomic mass is 35.5. The summed E-state index contributed by atoms with van der Waals surface area (Å²) in [4.78, 5) is 18.5. The maximum absolute atomic E-state index is 13.6. The number of aromatic nitrogens is 2. The molecule has 0 aliphatic rings. The van der Waals surface area contributed by atoms with E-state index in [-0.39, 0.29) is 27.3 Å². The van der Waals surface area contributed by atoms with Gasteiger partial charge in [0.05, 0.1) is 16.8 Å². The first-order valence-corrected chi connectivity index (χ1v) is 11.3. The summed E-state index contributed by atoms with van der Waals surface area (Å²) < 4.78 is 68.2. The Balaban J connectivity index is 1.96. The Morgan fingerprint density at radius 1 is 1.16 bits per heavy atom. The average molecular weight is 511 g/mol. The summed E-state index contributed by atoms with van der Waals surface area (Å²) in [7, 11) is -4.74. The van der Waals surface area contributed by atoms with Crippen LogP contribution in [0.3, 0.4) is 0 Å². The number of nitrogens with zero attached hydrogens (tertiary/aromatic N) is 2. The van der Waals surface area contributed by atoms with Gasteiger partial charge >= 0.3 is 6.18 Å². The zero-order chi connectivity index (χ0) is 22.8. The number of carbonyl (C=O) groups excluding carboxylic acids is 1. The van der Waals surface area contributed by atoms with Crippen molar-refractivity contribution >= 4 is 55.6 Å². The number of benzene rings is 1. The number of nitrogens with one attached hydrogen (secondary N) is 2. The van der Waals surface area contributed by atoms with Crippen LogP contribution in [0.15, 0.2) is 47.6 Å². The number of hydrogen-bond acceptors (Lipinski definition) is 6. The summed E-state index contributed by atoms with van der Waals surface area (Å²) in [6.45, 7) is -0.293. The molecule has 3 aromatic rings. The normalized spacial score (nSPS) is 11.9. The molecule has 0 saturated carbocycles. The lowest BCUT2D eigenvalue weighted by molar-refractivity contribution is -0.139. The molecule has 0 bridgehead atoms. The van der Waals surface area contributed by atoms with E-state index in [9.17, 15) is 26.4 Å². The third kappa shape index (κ3) is 5.64. The van der Waals surface area contributed by atoms with Gasteiger partial charge in [-0.3, -0.25) is 14.5 Å². The van der Waals surface area contributed by atoms with E-state index in [1.807, 2.05) is 4.72 Å². The average Bonchev–Trinajstić information content (AvgIpc) is 3.09. The smallest absolute Gasteiger partial charge is 0.347 e. The Bertz CT molecular complexity index is 1220. The Kier molecular flexibility index (Phi) is 6.74. The van der Waals surface area contributed by atoms with Crippen LogP contribution in [-0.4, -0.2) is 24.3 Å². The number of rotatable bonds is 6. The SMILES string of the molecule is O=C(NCc1cc(Cl)c(C(F)(F)F)c(S(=O)(=O)Nc2ncc(Cl)s2)c1)c1ccccn1. The number of amides is 1. The van der Waals surface area contributed by atoms with Gasteiger partial charge in [-0.15, -0.1) is 0 Å². The van der Waals surface area contributed by atoms with Gasteiger partial charge in [0.2, 0.25) is 0 Å². The number of pyridine rings is 1. The molecule has 2 N–H and O–H groups in total. The van der Waals surface area contributed by atoms with Crippen LogP contribution in [0, 0.1) is 0 Å². The van der Waals surface area contributed by atoms with E-state index in [0.29, 0.717) is 0 Å². The first-order chi connectivity index (χ1) is 14.5. The standard InChI is InChI=1S/C17H11Cl2F3N4O3S2/c18-10-5-9(7-24-15(27)11-3-1-2-4-23-11)6-12(14(10)17(20,21)22)31(28,29)26-16-25-8-13(19)30-16/h1-6,8H,7H2,(H,24,27)(H,25,26). The Morgan fingerprint density at radius 2 is 1.90 bits per heavy atom. The largest absolute Gasteiger partial charge is 0.419 e. The minimum absolute atomic E-state index is 0.0276. The van der Waals surface area contributed by atoms with Gasteiger partial charge < -0.3 is 5.32 Å². The predicted molar refractivity (Wildman–Crippen MR) is 110 cm³/mol. The summed E-state index contributed by atoms with van der Waals surface area (Å²) in [5, 5.41) is 1.39. The number of sulfonamides is 1. The van der Waals surface area contributed by atoms with Crippen LogP contribution in [-0.2, 0) is 22.7 Å². The van der Waals surface area contributed by atoms with Crippen molar-refractivity contribution < 1.29 is 26.4 Å². The molecule has 0 aliphatic carbocycles. The van der Waals surface area contributed by atoms with Gasteiger partial charge in [0.25, 0.3) is 15.9 Å². The van der Waals surface area contributed by atoms with Crippen molar-refractivity contribution in [2.45, 2.75) is 17.6 Å². The molecule has 0 saturated heterocycles. The van der Waals surface area contributed by atoms with Crippen molar-refractivity contribution in [1.82, 2.24) is 15.3 Å². The van der Waals surface area contributed by atoms with Gasteiger partial charge in [-0.1, -0.05) is 40.6 Å². The molecule has 2 heterocycles. The van der Waals surface area contributed by atoms with Crippen molar-refractivity contribution in [1.29, 1.82) is 0 Å². The summed E-state index contributed by atoms with van der Waals surface area (Å²) in [6.07, 6.45) is -2.52. The van der Waals surface area contributed by atoms with Gasteiger partial charge in [-0.05, 0) is 29.8 Å². The third-order valence-corrected chi connectivity index (χ3v) is 6.56. The number of carbonyl (C=O) groups is 1. The Morgan fingerprint density at radius 3 is 2.48 bits per heavy atom. The van der Waals surface area contributed by atoms with E-state index in [1.54, 1.807) is 12.1 Å². The topological polar surface area (TPSA) is 101 Å². The third-order valence-electron chi connectivity index (χ3n) is 3.74. The second-order valence-electron chi connectivity index (χ2n) is 5.92. The molecule has 1 aromatic carbocycles. The first-order valence-electron chi connectivity index (χ1n) is 8.20. The first kappa shape index (κ1) is 23.3. The van der Waals surface area contributed by atoms with Gasteiger partial charge in [0.15, 0.2) is 5.13 Å². The summed E-state index contributed by atoms with van der Waals surface area (Å²) in [5.74, 6) is -0.600. The fourth-order valence-electron chi connectivity index (χ4n) is 2.47. The van der Waals surface area contributed by atoms with Crippen LogP contribution in [0.4, 0.5) is 18.3 Å². The number of hydrogen-bond donors (Lipinski definition) is 2. The molecule has 1 amide bonds. The van der Waals surface area contributed by atoms with E-state index in [0.717, 1.165) is 29.7 Å². The highest BCUT2D eigenvalue weighted by molar-refractivity contribution is 7.93. The molecule has 0 aliphatic heterocycles. The molecule has 14 heteroatoms. The Labute approximate surface area is 188 Å². The van der Waals surface area contributed by atoms with Crippen LogP contribution >= 0.6 is 34.5 Å². The molecule has 0 radical (unpaired) electrons. The number of anilines is 1. The van der Waals surface area contributed by atoms with Gasteiger partial charge in [-0.25, -0.2) is 13.4 Å². The molecule has 0 spiro atoms. The van der Waals surface area contributed by atoms with E-state index in [4.69, 9.17) is 23.2 Å². The fourth-order valence-corrected chi connectivity index (χ4v) is 5.22. The lowest BCUT2D eigenvalue weighted by Gasteiger charge is -2.17. The monoisotopic (exact) mass is 510 g/mol. The molecule has 0 atom stereocenters.